The Balaban J connectivity index is 1.37. The van der Waals surface area contributed by atoms with Crippen LogP contribution < -0.4 is 10.6 Å². The van der Waals surface area contributed by atoms with Gasteiger partial charge >= 0.3 is 0 Å². The average molecular weight is 356 g/mol. The van der Waals surface area contributed by atoms with Gasteiger partial charge in [0.2, 0.25) is 5.91 Å². The number of carbonyl (C=O) groups excluding carboxylic acids is 2. The van der Waals surface area contributed by atoms with Crippen molar-refractivity contribution < 1.29 is 9.59 Å². The first-order valence-electron chi connectivity index (χ1n) is 8.84. The third-order valence-corrected chi connectivity index (χ3v) is 5.80. The maximum atomic E-state index is 12.1. The first-order valence-corrected chi connectivity index (χ1v) is 9.72. The molecule has 0 aliphatic heterocycles. The van der Waals surface area contributed by atoms with E-state index in [1.807, 2.05) is 17.5 Å². The lowest BCUT2D eigenvalue weighted by Crippen LogP contribution is -2.45. The molecule has 5 heteroatoms. The first kappa shape index (κ1) is 17.7. The minimum absolute atomic E-state index is 0.0621. The van der Waals surface area contributed by atoms with Crippen molar-refractivity contribution in [2.45, 2.75) is 37.5 Å². The Kier molecular flexibility index (Phi) is 5.87. The van der Waals surface area contributed by atoms with Gasteiger partial charge in [0.05, 0.1) is 4.88 Å². The Morgan fingerprint density at radius 1 is 1.04 bits per heavy atom. The van der Waals surface area contributed by atoms with E-state index in [0.717, 1.165) is 12.8 Å². The van der Waals surface area contributed by atoms with Crippen molar-refractivity contribution in [1.82, 2.24) is 10.6 Å². The number of hydrogen-bond acceptors (Lipinski definition) is 3. The predicted octanol–water partition coefficient (Wildman–Crippen LogP) is 3.50. The molecule has 0 unspecified atom stereocenters. The molecular weight excluding hydrogens is 332 g/mol. The number of amides is 2. The van der Waals surface area contributed by atoms with Gasteiger partial charge in [-0.1, -0.05) is 42.8 Å². The number of hydrogen-bond donors (Lipinski definition) is 2. The van der Waals surface area contributed by atoms with E-state index in [4.69, 9.17) is 0 Å². The SMILES string of the molecule is O=C(CCCNC(=O)c1cccs1)NCC1(c2ccccc2)CCC1. The van der Waals surface area contributed by atoms with Gasteiger partial charge in [0, 0.05) is 24.9 Å². The van der Waals surface area contributed by atoms with Gasteiger partial charge in [-0.25, -0.2) is 0 Å². The second-order valence-corrected chi connectivity index (χ2v) is 7.56. The lowest BCUT2D eigenvalue weighted by atomic mass is 9.64. The largest absolute Gasteiger partial charge is 0.355 e. The summed E-state index contributed by atoms with van der Waals surface area (Å²) in [6.45, 7) is 1.23. The maximum Gasteiger partial charge on any atom is 0.261 e. The van der Waals surface area contributed by atoms with Crippen LogP contribution in [-0.2, 0) is 10.2 Å². The number of nitrogens with one attached hydrogen (secondary N) is 2. The third kappa shape index (κ3) is 4.48. The summed E-state index contributed by atoms with van der Waals surface area (Å²) in [6.07, 6.45) is 4.58. The summed E-state index contributed by atoms with van der Waals surface area (Å²) in [7, 11) is 0. The zero-order valence-electron chi connectivity index (χ0n) is 14.3. The Hall–Kier alpha value is -2.14. The highest BCUT2D eigenvalue weighted by atomic mass is 32.1. The Bertz CT molecular complexity index is 694. The molecule has 1 saturated carbocycles. The predicted molar refractivity (Wildman–Crippen MR) is 101 cm³/mol. The van der Waals surface area contributed by atoms with Crippen LogP contribution in [-0.4, -0.2) is 24.9 Å². The van der Waals surface area contributed by atoms with Crippen molar-refractivity contribution in [3.05, 3.63) is 58.3 Å². The highest BCUT2D eigenvalue weighted by Gasteiger charge is 2.38. The highest BCUT2D eigenvalue weighted by Crippen LogP contribution is 2.43. The molecule has 1 aliphatic carbocycles. The Morgan fingerprint density at radius 2 is 1.84 bits per heavy atom. The standard InChI is InChI=1S/C20H24N2O2S/c23-18(10-4-13-21-19(24)17-9-5-14-25-17)22-15-20(11-6-12-20)16-7-2-1-3-8-16/h1-3,5,7-9,14H,4,6,10-13,15H2,(H,21,24)(H,22,23). The molecule has 25 heavy (non-hydrogen) atoms. The molecule has 0 saturated heterocycles. The molecule has 0 atom stereocenters. The fraction of sp³-hybridized carbons (Fsp3) is 0.400. The van der Waals surface area contributed by atoms with Crippen LogP contribution in [0.5, 0.6) is 0 Å². The quantitative estimate of drug-likeness (QED) is 0.711. The lowest BCUT2D eigenvalue weighted by Gasteiger charge is -2.42. The maximum absolute atomic E-state index is 12.1. The van der Waals surface area contributed by atoms with Crippen LogP contribution in [0.2, 0.25) is 0 Å². The van der Waals surface area contributed by atoms with E-state index in [1.165, 1.54) is 23.3 Å². The molecule has 132 valence electrons. The fourth-order valence-electron chi connectivity index (χ4n) is 3.26. The summed E-state index contributed by atoms with van der Waals surface area (Å²) in [5.74, 6) is 0.000449. The molecule has 1 aliphatic rings. The van der Waals surface area contributed by atoms with Gasteiger partial charge in [-0.05, 0) is 36.3 Å². The molecule has 3 rings (SSSR count). The molecule has 2 aromatic rings. The van der Waals surface area contributed by atoms with Crippen LogP contribution in [0.3, 0.4) is 0 Å². The molecule has 4 nitrogen and oxygen atoms in total. The lowest BCUT2D eigenvalue weighted by molar-refractivity contribution is -0.121. The smallest absolute Gasteiger partial charge is 0.261 e. The van der Waals surface area contributed by atoms with Gasteiger partial charge in [-0.15, -0.1) is 11.3 Å². The van der Waals surface area contributed by atoms with E-state index >= 15 is 0 Å². The summed E-state index contributed by atoms with van der Waals surface area (Å²) >= 11 is 1.42. The highest BCUT2D eigenvalue weighted by molar-refractivity contribution is 7.12. The summed E-state index contributed by atoms with van der Waals surface area (Å²) in [6, 6.07) is 14.1. The molecule has 0 spiro atoms. The van der Waals surface area contributed by atoms with Crippen LogP contribution in [0.1, 0.15) is 47.3 Å². The zero-order valence-corrected chi connectivity index (χ0v) is 15.1. The number of benzene rings is 1. The molecule has 2 amide bonds. The van der Waals surface area contributed by atoms with Gasteiger partial charge in [-0.2, -0.15) is 0 Å². The van der Waals surface area contributed by atoms with Crippen LogP contribution in [0.4, 0.5) is 0 Å². The summed E-state index contributed by atoms with van der Waals surface area (Å²) < 4.78 is 0. The van der Waals surface area contributed by atoms with E-state index in [1.54, 1.807) is 6.07 Å². The normalized spacial score (nSPS) is 15.2. The van der Waals surface area contributed by atoms with Crippen LogP contribution in [0.15, 0.2) is 47.8 Å². The number of carbonyl (C=O) groups is 2. The van der Waals surface area contributed by atoms with Crippen molar-refractivity contribution in [1.29, 1.82) is 0 Å². The van der Waals surface area contributed by atoms with Gasteiger partial charge in [0.25, 0.3) is 5.91 Å². The minimum Gasteiger partial charge on any atom is -0.355 e. The van der Waals surface area contributed by atoms with Crippen molar-refractivity contribution in [3.8, 4) is 0 Å². The van der Waals surface area contributed by atoms with Crippen molar-refractivity contribution >= 4 is 23.2 Å². The van der Waals surface area contributed by atoms with Crippen LogP contribution >= 0.6 is 11.3 Å². The summed E-state index contributed by atoms with van der Waals surface area (Å²) in [5, 5.41) is 7.82. The molecule has 2 N–H and O–H groups in total. The molecule has 1 heterocycles. The van der Waals surface area contributed by atoms with Gasteiger partial charge < -0.3 is 10.6 Å². The van der Waals surface area contributed by atoms with Gasteiger partial charge in [0.1, 0.15) is 0 Å². The summed E-state index contributed by atoms with van der Waals surface area (Å²) in [5.41, 5.74) is 1.44. The monoisotopic (exact) mass is 356 g/mol. The minimum atomic E-state index is -0.0621. The molecule has 1 aromatic heterocycles. The average Bonchev–Trinajstić information content (AvgIpc) is 3.13. The van der Waals surface area contributed by atoms with Crippen LogP contribution in [0.25, 0.3) is 0 Å². The van der Waals surface area contributed by atoms with E-state index in [2.05, 4.69) is 34.9 Å². The van der Waals surface area contributed by atoms with E-state index < -0.39 is 0 Å². The molecular formula is C20H24N2O2S. The van der Waals surface area contributed by atoms with E-state index in [0.29, 0.717) is 30.8 Å². The van der Waals surface area contributed by atoms with E-state index in [-0.39, 0.29) is 17.2 Å². The number of rotatable bonds is 8. The Morgan fingerprint density at radius 3 is 2.48 bits per heavy atom. The van der Waals surface area contributed by atoms with Gasteiger partial charge in [0.15, 0.2) is 0 Å². The number of thiophene rings is 1. The van der Waals surface area contributed by atoms with Crippen molar-refractivity contribution in [2.75, 3.05) is 13.1 Å². The zero-order chi connectivity index (χ0) is 17.5. The molecule has 1 fully saturated rings. The third-order valence-electron chi connectivity index (χ3n) is 4.93. The molecule has 0 bridgehead atoms. The van der Waals surface area contributed by atoms with Crippen molar-refractivity contribution in [3.63, 3.8) is 0 Å². The Labute approximate surface area is 152 Å². The summed E-state index contributed by atoms with van der Waals surface area (Å²) in [4.78, 5) is 24.6. The topological polar surface area (TPSA) is 58.2 Å². The fourth-order valence-corrected chi connectivity index (χ4v) is 3.90. The second kappa shape index (κ2) is 8.30. The van der Waals surface area contributed by atoms with Gasteiger partial charge in [-0.3, -0.25) is 9.59 Å². The second-order valence-electron chi connectivity index (χ2n) is 6.61. The molecule has 1 aromatic carbocycles. The van der Waals surface area contributed by atoms with Crippen LogP contribution in [0, 0.1) is 0 Å². The van der Waals surface area contributed by atoms with E-state index in [9.17, 15) is 9.59 Å². The van der Waals surface area contributed by atoms with Crippen molar-refractivity contribution in [2.24, 2.45) is 0 Å². The first-order chi connectivity index (χ1) is 12.2. The molecule has 0 radical (unpaired) electrons.